The van der Waals surface area contributed by atoms with Gasteiger partial charge in [0.2, 0.25) is 0 Å². The molecule has 1 N–H and O–H groups in total. The van der Waals surface area contributed by atoms with Crippen molar-refractivity contribution < 1.29 is 18.1 Å². The molecule has 4 rings (SSSR count). The van der Waals surface area contributed by atoms with Gasteiger partial charge in [-0.15, -0.1) is 0 Å². The van der Waals surface area contributed by atoms with Crippen LogP contribution in [0.4, 0.5) is 0 Å². The number of H-pyrrole nitrogens is 1. The van der Waals surface area contributed by atoms with Crippen LogP contribution in [0.3, 0.4) is 0 Å². The number of pyridine rings is 1. The van der Waals surface area contributed by atoms with E-state index in [4.69, 9.17) is 13.6 Å². The summed E-state index contributed by atoms with van der Waals surface area (Å²) in [6, 6.07) is 24.3. The number of phosphoric acid groups is 1. The summed E-state index contributed by atoms with van der Waals surface area (Å²) < 4.78 is 30.8. The molecule has 0 saturated heterocycles. The highest BCUT2D eigenvalue weighted by Gasteiger charge is 2.34. The van der Waals surface area contributed by atoms with Gasteiger partial charge in [-0.2, -0.15) is 4.57 Å². The second-order valence-corrected chi connectivity index (χ2v) is 7.74. The average molecular weight is 407 g/mol. The van der Waals surface area contributed by atoms with E-state index in [9.17, 15) is 9.36 Å². The Morgan fingerprint density at radius 1 is 0.724 bits per heavy atom. The van der Waals surface area contributed by atoms with Gasteiger partial charge in [0.25, 0.3) is 5.56 Å². The normalized spacial score (nSPS) is 11.2. The van der Waals surface area contributed by atoms with E-state index in [1.807, 2.05) is 12.1 Å². The van der Waals surface area contributed by atoms with Crippen molar-refractivity contribution in [2.45, 2.75) is 6.92 Å². The largest absolute Gasteiger partial charge is 0.647 e. The number of para-hydroxylation sites is 3. The molecule has 1 aromatic heterocycles. The Kier molecular flexibility index (Phi) is 5.10. The molecule has 0 spiro atoms. The summed E-state index contributed by atoms with van der Waals surface area (Å²) in [5.74, 6) is 0.789. The van der Waals surface area contributed by atoms with E-state index in [0.717, 1.165) is 0 Å². The maximum atomic E-state index is 13.6. The lowest BCUT2D eigenvalue weighted by Gasteiger charge is -2.21. The molecule has 146 valence electrons. The van der Waals surface area contributed by atoms with Gasteiger partial charge in [-0.3, -0.25) is 4.79 Å². The third kappa shape index (κ3) is 4.18. The molecule has 1 heterocycles. The number of aromatic nitrogens is 1. The highest BCUT2D eigenvalue weighted by Crippen LogP contribution is 2.51. The van der Waals surface area contributed by atoms with E-state index in [2.05, 4.69) is 4.98 Å². The molecule has 0 aliphatic rings. The van der Waals surface area contributed by atoms with Crippen LogP contribution in [-0.2, 0) is 4.57 Å². The zero-order chi connectivity index (χ0) is 20.3. The van der Waals surface area contributed by atoms with Gasteiger partial charge >= 0.3 is 7.82 Å². The fourth-order valence-corrected chi connectivity index (χ4v) is 4.15. The van der Waals surface area contributed by atoms with Crippen LogP contribution in [0.1, 0.15) is 5.56 Å². The predicted octanol–water partition coefficient (Wildman–Crippen LogP) is 5.48. The molecule has 0 radical (unpaired) electrons. The first-order valence-corrected chi connectivity index (χ1v) is 10.4. The van der Waals surface area contributed by atoms with Crippen molar-refractivity contribution in [2.24, 2.45) is 0 Å². The zero-order valence-corrected chi connectivity index (χ0v) is 16.5. The van der Waals surface area contributed by atoms with Crippen molar-refractivity contribution in [3.63, 3.8) is 0 Å². The fraction of sp³-hybridized carbons (Fsp3) is 0.0455. The van der Waals surface area contributed by atoms with Crippen LogP contribution in [0.25, 0.3) is 10.9 Å². The number of phosphoric ester groups is 1. The first-order valence-electron chi connectivity index (χ1n) is 8.95. The van der Waals surface area contributed by atoms with E-state index in [-0.39, 0.29) is 16.9 Å². The number of fused-ring (bicyclic) bond motifs is 1. The van der Waals surface area contributed by atoms with Crippen LogP contribution in [0, 0.1) is 6.92 Å². The molecule has 0 aliphatic heterocycles. The van der Waals surface area contributed by atoms with E-state index in [0.29, 0.717) is 22.4 Å². The summed E-state index contributed by atoms with van der Waals surface area (Å²) >= 11 is 0. The molecule has 0 atom stereocenters. The quantitative estimate of drug-likeness (QED) is 0.428. The summed E-state index contributed by atoms with van der Waals surface area (Å²) in [5.41, 5.74) is 0.492. The molecule has 4 aromatic rings. The van der Waals surface area contributed by atoms with Gasteiger partial charge in [0.05, 0.1) is 11.1 Å². The van der Waals surface area contributed by atoms with Crippen LogP contribution in [-0.4, -0.2) is 4.98 Å². The van der Waals surface area contributed by atoms with Crippen LogP contribution in [0.5, 0.6) is 17.2 Å². The Labute approximate surface area is 167 Å². The fourth-order valence-electron chi connectivity index (χ4n) is 2.82. The Morgan fingerprint density at radius 2 is 1.24 bits per heavy atom. The van der Waals surface area contributed by atoms with Crippen molar-refractivity contribution in [3.05, 3.63) is 101 Å². The Morgan fingerprint density at radius 3 is 1.83 bits per heavy atom. The zero-order valence-electron chi connectivity index (χ0n) is 15.6. The SMILES string of the molecule is Cc1c(OP(=O)(Oc2ccccc2)Oc2ccccc2)c2ccccc2[nH]c1=O. The van der Waals surface area contributed by atoms with Gasteiger partial charge < -0.3 is 18.6 Å². The molecular formula is C22H18NO5P. The summed E-state index contributed by atoms with van der Waals surface area (Å²) in [7, 11) is -4.19. The summed E-state index contributed by atoms with van der Waals surface area (Å²) in [4.78, 5) is 15.1. The molecule has 0 amide bonds. The van der Waals surface area contributed by atoms with Crippen molar-refractivity contribution in [1.82, 2.24) is 4.98 Å². The Hall–Kier alpha value is -3.50. The average Bonchev–Trinajstić information content (AvgIpc) is 2.73. The first kappa shape index (κ1) is 18.8. The molecule has 0 saturated carbocycles. The van der Waals surface area contributed by atoms with Crippen LogP contribution in [0.15, 0.2) is 89.7 Å². The predicted molar refractivity (Wildman–Crippen MR) is 112 cm³/mol. The Bertz CT molecular complexity index is 1190. The lowest BCUT2D eigenvalue weighted by Crippen LogP contribution is -2.14. The number of rotatable bonds is 6. The maximum absolute atomic E-state index is 13.6. The van der Waals surface area contributed by atoms with Crippen molar-refractivity contribution in [3.8, 4) is 17.2 Å². The number of benzene rings is 3. The van der Waals surface area contributed by atoms with Gasteiger partial charge in [0, 0.05) is 5.39 Å². The van der Waals surface area contributed by atoms with Crippen LogP contribution >= 0.6 is 7.82 Å². The minimum absolute atomic E-state index is 0.152. The van der Waals surface area contributed by atoms with Crippen LogP contribution in [0.2, 0.25) is 0 Å². The topological polar surface area (TPSA) is 77.6 Å². The third-order valence-corrected chi connectivity index (χ3v) is 5.50. The second kappa shape index (κ2) is 7.86. The third-order valence-electron chi connectivity index (χ3n) is 4.23. The highest BCUT2D eigenvalue weighted by atomic mass is 31.2. The number of aromatic amines is 1. The van der Waals surface area contributed by atoms with Gasteiger partial charge in [0.15, 0.2) is 5.75 Å². The lowest BCUT2D eigenvalue weighted by molar-refractivity contribution is 0.299. The van der Waals surface area contributed by atoms with Crippen molar-refractivity contribution in [2.75, 3.05) is 0 Å². The van der Waals surface area contributed by atoms with Gasteiger partial charge in [-0.1, -0.05) is 48.5 Å². The van der Waals surface area contributed by atoms with Gasteiger partial charge in [0.1, 0.15) is 11.5 Å². The lowest BCUT2D eigenvalue weighted by atomic mass is 10.1. The first-order chi connectivity index (χ1) is 14.0. The monoisotopic (exact) mass is 407 g/mol. The molecule has 0 aliphatic carbocycles. The van der Waals surface area contributed by atoms with Gasteiger partial charge in [-0.05, 0) is 43.3 Å². The molecule has 29 heavy (non-hydrogen) atoms. The molecule has 7 heteroatoms. The smallest absolute Gasteiger partial charge is 0.386 e. The number of hydrogen-bond acceptors (Lipinski definition) is 5. The van der Waals surface area contributed by atoms with E-state index in [1.165, 1.54) is 0 Å². The van der Waals surface area contributed by atoms with E-state index in [1.54, 1.807) is 79.7 Å². The molecule has 0 bridgehead atoms. The number of hydrogen-bond donors (Lipinski definition) is 1. The molecule has 0 unspecified atom stereocenters. The summed E-state index contributed by atoms with van der Waals surface area (Å²) in [6.45, 7) is 1.59. The molecule has 6 nitrogen and oxygen atoms in total. The highest BCUT2D eigenvalue weighted by molar-refractivity contribution is 7.49. The summed E-state index contributed by atoms with van der Waals surface area (Å²) in [6.07, 6.45) is 0. The molecular weight excluding hydrogens is 389 g/mol. The molecule has 0 fully saturated rings. The van der Waals surface area contributed by atoms with Crippen molar-refractivity contribution in [1.29, 1.82) is 0 Å². The van der Waals surface area contributed by atoms with Gasteiger partial charge in [-0.25, -0.2) is 0 Å². The number of nitrogens with one attached hydrogen (secondary N) is 1. The standard InChI is InChI=1S/C22H18NO5P/c1-16-21(19-14-8-9-15-20(19)23-22(16)24)28-29(25,26-17-10-4-2-5-11-17)27-18-12-6-3-7-13-18/h2-15H,1H3,(H,23,24). The Balaban J connectivity index is 1.80. The van der Waals surface area contributed by atoms with E-state index >= 15 is 0 Å². The maximum Gasteiger partial charge on any atom is 0.647 e. The van der Waals surface area contributed by atoms with Crippen LogP contribution < -0.4 is 19.1 Å². The second-order valence-electron chi connectivity index (χ2n) is 6.30. The summed E-state index contributed by atoms with van der Waals surface area (Å²) in [5, 5.41) is 0.596. The minimum atomic E-state index is -4.19. The van der Waals surface area contributed by atoms with E-state index < -0.39 is 7.82 Å². The molecule has 3 aromatic carbocycles. The minimum Gasteiger partial charge on any atom is -0.386 e. The van der Waals surface area contributed by atoms with Crippen molar-refractivity contribution >= 4 is 18.7 Å².